The fourth-order valence-electron chi connectivity index (χ4n) is 2.17. The molecule has 1 saturated carbocycles. The molecule has 1 aromatic rings. The average Bonchev–Trinajstić information content (AvgIpc) is 2.87. The van der Waals surface area contributed by atoms with Crippen molar-refractivity contribution in [2.45, 2.75) is 38.1 Å². The zero-order valence-corrected chi connectivity index (χ0v) is 9.52. The number of aryl methyl sites for hydroxylation is 1. The van der Waals surface area contributed by atoms with Crippen molar-refractivity contribution in [3.63, 3.8) is 0 Å². The summed E-state index contributed by atoms with van der Waals surface area (Å²) in [4.78, 5) is 26.9. The van der Waals surface area contributed by atoms with E-state index in [4.69, 9.17) is 4.42 Å². The highest BCUT2D eigenvalue weighted by molar-refractivity contribution is 5.97. The molecule has 2 N–H and O–H groups in total. The zero-order valence-electron chi connectivity index (χ0n) is 9.52. The van der Waals surface area contributed by atoms with E-state index in [0.29, 0.717) is 18.6 Å². The second-order valence-corrected chi connectivity index (χ2v) is 4.31. The topological polar surface area (TPSA) is 92.4 Å². The van der Waals surface area contributed by atoms with Crippen LogP contribution in [0.3, 0.4) is 0 Å². The first-order chi connectivity index (χ1) is 8.05. The van der Waals surface area contributed by atoms with Crippen molar-refractivity contribution in [1.29, 1.82) is 0 Å². The van der Waals surface area contributed by atoms with E-state index in [-0.39, 0.29) is 5.69 Å². The third-order valence-electron chi connectivity index (χ3n) is 3.18. The lowest BCUT2D eigenvalue weighted by molar-refractivity contribution is -0.144. The number of carboxylic acid groups (broad SMARTS) is 1. The van der Waals surface area contributed by atoms with Crippen LogP contribution in [0, 0.1) is 6.92 Å². The molecule has 2 rings (SSSR count). The Kier molecular flexibility index (Phi) is 2.87. The predicted octanol–water partition coefficient (Wildman–Crippen LogP) is 1.11. The van der Waals surface area contributed by atoms with Crippen molar-refractivity contribution < 1.29 is 19.1 Å². The van der Waals surface area contributed by atoms with Gasteiger partial charge in [-0.2, -0.15) is 0 Å². The maximum absolute atomic E-state index is 11.9. The van der Waals surface area contributed by atoms with Crippen LogP contribution in [-0.4, -0.2) is 27.5 Å². The summed E-state index contributed by atoms with van der Waals surface area (Å²) in [5, 5.41) is 11.8. The van der Waals surface area contributed by atoms with Crippen LogP contribution in [0.1, 0.15) is 41.9 Å². The van der Waals surface area contributed by atoms with Crippen molar-refractivity contribution in [1.82, 2.24) is 10.3 Å². The molecule has 1 heterocycles. The summed E-state index contributed by atoms with van der Waals surface area (Å²) in [6.07, 6.45) is 3.72. The highest BCUT2D eigenvalue weighted by Gasteiger charge is 2.43. The van der Waals surface area contributed by atoms with Gasteiger partial charge in [0.05, 0.1) is 0 Å². The van der Waals surface area contributed by atoms with E-state index in [0.717, 1.165) is 12.8 Å². The summed E-state index contributed by atoms with van der Waals surface area (Å²) < 4.78 is 4.92. The molecule has 1 aliphatic carbocycles. The first-order valence-corrected chi connectivity index (χ1v) is 5.51. The van der Waals surface area contributed by atoms with Crippen LogP contribution in [0.5, 0.6) is 0 Å². The Balaban J connectivity index is 2.17. The average molecular weight is 238 g/mol. The van der Waals surface area contributed by atoms with Crippen molar-refractivity contribution in [2.24, 2.45) is 0 Å². The largest absolute Gasteiger partial charge is 0.480 e. The number of nitrogens with zero attached hydrogens (tertiary/aromatic N) is 1. The Morgan fingerprint density at radius 3 is 2.59 bits per heavy atom. The summed E-state index contributed by atoms with van der Waals surface area (Å²) in [5.41, 5.74) is -0.986. The molecule has 0 radical (unpaired) electrons. The molecule has 1 fully saturated rings. The van der Waals surface area contributed by atoms with E-state index >= 15 is 0 Å². The molecule has 6 heteroatoms. The summed E-state index contributed by atoms with van der Waals surface area (Å²) in [7, 11) is 0. The quantitative estimate of drug-likeness (QED) is 0.822. The molecule has 0 aliphatic heterocycles. The summed E-state index contributed by atoms with van der Waals surface area (Å²) in [6, 6.07) is 0. The van der Waals surface area contributed by atoms with Gasteiger partial charge in [0.2, 0.25) is 0 Å². The summed E-state index contributed by atoms with van der Waals surface area (Å²) in [5.74, 6) is -1.08. The second-order valence-electron chi connectivity index (χ2n) is 4.31. The zero-order chi connectivity index (χ0) is 12.5. The van der Waals surface area contributed by atoms with Crippen LogP contribution in [0.4, 0.5) is 0 Å². The van der Waals surface area contributed by atoms with Crippen LogP contribution < -0.4 is 5.32 Å². The maximum atomic E-state index is 11.9. The van der Waals surface area contributed by atoms with E-state index in [1.165, 1.54) is 6.39 Å². The molecule has 1 aromatic heterocycles. The van der Waals surface area contributed by atoms with Gasteiger partial charge in [0.1, 0.15) is 11.3 Å². The van der Waals surface area contributed by atoms with E-state index in [1.54, 1.807) is 6.92 Å². The lowest BCUT2D eigenvalue weighted by atomic mass is 9.97. The lowest BCUT2D eigenvalue weighted by Crippen LogP contribution is -2.52. The number of hydrogen-bond acceptors (Lipinski definition) is 4. The van der Waals surface area contributed by atoms with Gasteiger partial charge >= 0.3 is 5.97 Å². The second kappa shape index (κ2) is 4.20. The number of carboxylic acids is 1. The van der Waals surface area contributed by atoms with Crippen LogP contribution in [0.2, 0.25) is 0 Å². The molecule has 6 nitrogen and oxygen atoms in total. The first-order valence-electron chi connectivity index (χ1n) is 5.51. The SMILES string of the molecule is Cc1ocnc1C(=O)NC1(C(=O)O)CCCC1. The third-order valence-corrected chi connectivity index (χ3v) is 3.18. The molecule has 17 heavy (non-hydrogen) atoms. The van der Waals surface area contributed by atoms with Crippen LogP contribution in [0.15, 0.2) is 10.8 Å². The fourth-order valence-corrected chi connectivity index (χ4v) is 2.17. The van der Waals surface area contributed by atoms with Gasteiger partial charge < -0.3 is 14.8 Å². The van der Waals surface area contributed by atoms with E-state index in [2.05, 4.69) is 10.3 Å². The standard InChI is InChI=1S/C11H14N2O4/c1-7-8(12-6-17-7)9(14)13-11(10(15)16)4-2-3-5-11/h6H,2-5H2,1H3,(H,13,14)(H,15,16). The van der Waals surface area contributed by atoms with E-state index < -0.39 is 17.4 Å². The smallest absolute Gasteiger partial charge is 0.329 e. The number of aliphatic carboxylic acids is 1. The van der Waals surface area contributed by atoms with Gasteiger partial charge in [0.15, 0.2) is 12.1 Å². The number of rotatable bonds is 3. The van der Waals surface area contributed by atoms with Gasteiger partial charge in [-0.05, 0) is 19.8 Å². The van der Waals surface area contributed by atoms with E-state index in [9.17, 15) is 14.7 Å². The highest BCUT2D eigenvalue weighted by Crippen LogP contribution is 2.30. The number of carbonyl (C=O) groups is 2. The van der Waals surface area contributed by atoms with Gasteiger partial charge in [-0.1, -0.05) is 12.8 Å². The summed E-state index contributed by atoms with van der Waals surface area (Å²) >= 11 is 0. The van der Waals surface area contributed by atoms with Gasteiger partial charge in [-0.15, -0.1) is 0 Å². The molecule has 0 aromatic carbocycles. The number of carbonyl (C=O) groups excluding carboxylic acids is 1. The molecule has 0 unspecified atom stereocenters. The fraction of sp³-hybridized carbons (Fsp3) is 0.545. The molecule has 0 saturated heterocycles. The number of hydrogen-bond donors (Lipinski definition) is 2. The van der Waals surface area contributed by atoms with Crippen molar-refractivity contribution in [3.8, 4) is 0 Å². The van der Waals surface area contributed by atoms with Crippen molar-refractivity contribution in [2.75, 3.05) is 0 Å². The van der Waals surface area contributed by atoms with Gasteiger partial charge in [0, 0.05) is 0 Å². The Hall–Kier alpha value is -1.85. The Morgan fingerprint density at radius 1 is 1.47 bits per heavy atom. The van der Waals surface area contributed by atoms with Gasteiger partial charge in [-0.3, -0.25) is 4.79 Å². The monoisotopic (exact) mass is 238 g/mol. The number of oxazole rings is 1. The molecule has 92 valence electrons. The van der Waals surface area contributed by atoms with Crippen molar-refractivity contribution >= 4 is 11.9 Å². The predicted molar refractivity (Wildman–Crippen MR) is 57.5 cm³/mol. The first kappa shape index (κ1) is 11.6. The van der Waals surface area contributed by atoms with E-state index in [1.807, 2.05) is 0 Å². The Bertz CT molecular complexity index is 446. The Labute approximate surface area is 98.0 Å². The highest BCUT2D eigenvalue weighted by atomic mass is 16.4. The third kappa shape index (κ3) is 2.02. The molecule has 1 aliphatic rings. The van der Waals surface area contributed by atoms with Crippen molar-refractivity contribution in [3.05, 3.63) is 17.8 Å². The maximum Gasteiger partial charge on any atom is 0.329 e. The summed E-state index contributed by atoms with van der Waals surface area (Å²) in [6.45, 7) is 1.62. The molecule has 0 bridgehead atoms. The normalized spacial score (nSPS) is 17.9. The Morgan fingerprint density at radius 2 is 2.12 bits per heavy atom. The molecular weight excluding hydrogens is 224 g/mol. The molecule has 0 spiro atoms. The molecule has 0 atom stereocenters. The number of aromatic nitrogens is 1. The van der Waals surface area contributed by atoms with Crippen LogP contribution >= 0.6 is 0 Å². The number of amides is 1. The minimum absolute atomic E-state index is 0.150. The van der Waals surface area contributed by atoms with Gasteiger partial charge in [0.25, 0.3) is 5.91 Å². The molecule has 1 amide bonds. The van der Waals surface area contributed by atoms with Gasteiger partial charge in [-0.25, -0.2) is 9.78 Å². The molecular formula is C11H14N2O4. The lowest BCUT2D eigenvalue weighted by Gasteiger charge is -2.24. The minimum atomic E-state index is -1.14. The van der Waals surface area contributed by atoms with Crippen LogP contribution in [0.25, 0.3) is 0 Å². The van der Waals surface area contributed by atoms with Crippen LogP contribution in [-0.2, 0) is 4.79 Å². The minimum Gasteiger partial charge on any atom is -0.480 e. The number of nitrogens with one attached hydrogen (secondary N) is 1.